The second-order valence-electron chi connectivity index (χ2n) is 6.59. The molecule has 0 aliphatic carbocycles. The molecule has 98 valence electrons. The molecule has 2 heterocycles. The molecule has 0 nitrogen and oxygen atoms in total. The molecule has 0 fully saturated rings. The Kier molecular flexibility index (Phi) is 3.70. The van der Waals surface area contributed by atoms with Crippen LogP contribution >= 0.6 is 22.7 Å². The summed E-state index contributed by atoms with van der Waals surface area (Å²) >= 11 is 3.77. The zero-order valence-electron chi connectivity index (χ0n) is 11.9. The summed E-state index contributed by atoms with van der Waals surface area (Å²) in [5.74, 6) is 0. The van der Waals surface area contributed by atoms with Crippen LogP contribution in [0.3, 0.4) is 0 Å². The fourth-order valence-electron chi connectivity index (χ4n) is 2.05. The summed E-state index contributed by atoms with van der Waals surface area (Å²) in [5.41, 5.74) is 1.97. The third kappa shape index (κ3) is 3.04. The average Bonchev–Trinajstić information content (AvgIpc) is 2.83. The summed E-state index contributed by atoms with van der Waals surface area (Å²) in [6, 6.07) is 6.79. The first-order valence-corrected chi connectivity index (χ1v) is 8.17. The highest BCUT2D eigenvalue weighted by Crippen LogP contribution is 2.34. The lowest BCUT2D eigenvalue weighted by Gasteiger charge is -2.22. The van der Waals surface area contributed by atoms with E-state index in [0.717, 1.165) is 6.42 Å². The quantitative estimate of drug-likeness (QED) is 0.683. The van der Waals surface area contributed by atoms with Gasteiger partial charge in [0.1, 0.15) is 0 Å². The molecule has 0 atom stereocenters. The first-order valence-electron chi connectivity index (χ1n) is 6.41. The Hall–Kier alpha value is -0.600. The maximum Gasteiger partial charge on any atom is 0.0105 e. The third-order valence-corrected chi connectivity index (χ3v) is 5.50. The van der Waals surface area contributed by atoms with Gasteiger partial charge in [0.25, 0.3) is 0 Å². The van der Waals surface area contributed by atoms with Crippen LogP contribution in [-0.2, 0) is 17.3 Å². The summed E-state index contributed by atoms with van der Waals surface area (Å²) in [6.45, 7) is 11.5. The molecule has 18 heavy (non-hydrogen) atoms. The highest BCUT2D eigenvalue weighted by atomic mass is 32.1. The van der Waals surface area contributed by atoms with E-state index in [1.165, 1.54) is 15.3 Å². The molecule has 0 N–H and O–H groups in total. The minimum Gasteiger partial charge on any atom is -0.149 e. The Labute approximate surface area is 119 Å². The molecule has 0 amide bonds. The third-order valence-electron chi connectivity index (χ3n) is 3.32. The van der Waals surface area contributed by atoms with E-state index >= 15 is 0 Å². The Morgan fingerprint density at radius 3 is 2.28 bits per heavy atom. The molecule has 2 aromatic heterocycles. The highest BCUT2D eigenvalue weighted by Gasteiger charge is 2.24. The van der Waals surface area contributed by atoms with E-state index in [9.17, 15) is 0 Å². The van der Waals surface area contributed by atoms with E-state index < -0.39 is 0 Å². The normalized spacial score (nSPS) is 12.9. The molecule has 2 rings (SSSR count). The first kappa shape index (κ1) is 13.8. The van der Waals surface area contributed by atoms with Crippen molar-refractivity contribution in [1.29, 1.82) is 0 Å². The van der Waals surface area contributed by atoms with Crippen molar-refractivity contribution < 1.29 is 0 Å². The predicted octanol–water partition coefficient (Wildman–Crippen LogP) is 5.63. The monoisotopic (exact) mass is 278 g/mol. The standard InChI is InChI=1S/C16H22S2/c1-15(2,3)12-9-13(18-11-12)10-16(4,5)14-7-6-8-17-14/h6-9,11H,10H2,1-5H3. The minimum atomic E-state index is 0.244. The summed E-state index contributed by atoms with van der Waals surface area (Å²) in [5, 5.41) is 4.49. The van der Waals surface area contributed by atoms with Crippen molar-refractivity contribution in [2.24, 2.45) is 0 Å². The van der Waals surface area contributed by atoms with Crippen LogP contribution in [0, 0.1) is 0 Å². The molecule has 0 saturated carbocycles. The van der Waals surface area contributed by atoms with Crippen molar-refractivity contribution in [1.82, 2.24) is 0 Å². The number of hydrogen-bond donors (Lipinski definition) is 0. The molecule has 0 aliphatic heterocycles. The van der Waals surface area contributed by atoms with E-state index in [1.54, 1.807) is 0 Å². The SMILES string of the molecule is CC(C)(C)c1csc(CC(C)(C)c2cccs2)c1. The summed E-state index contributed by atoms with van der Waals surface area (Å²) in [4.78, 5) is 2.98. The molecule has 0 aliphatic rings. The number of hydrogen-bond acceptors (Lipinski definition) is 2. The van der Waals surface area contributed by atoms with E-state index in [2.05, 4.69) is 63.6 Å². The van der Waals surface area contributed by atoms with Gasteiger partial charge in [0.05, 0.1) is 0 Å². The molecular weight excluding hydrogens is 256 g/mol. The summed E-state index contributed by atoms with van der Waals surface area (Å²) < 4.78 is 0. The van der Waals surface area contributed by atoms with Gasteiger partial charge in [-0.25, -0.2) is 0 Å². The van der Waals surface area contributed by atoms with Crippen LogP contribution in [0.15, 0.2) is 29.0 Å². The van der Waals surface area contributed by atoms with Gasteiger partial charge in [-0.1, -0.05) is 40.7 Å². The zero-order chi connectivity index (χ0) is 13.4. The largest absolute Gasteiger partial charge is 0.149 e. The molecular formula is C16H22S2. The Morgan fingerprint density at radius 2 is 1.78 bits per heavy atom. The van der Waals surface area contributed by atoms with Crippen molar-refractivity contribution in [2.75, 3.05) is 0 Å². The lowest BCUT2D eigenvalue weighted by atomic mass is 9.85. The summed E-state index contributed by atoms with van der Waals surface area (Å²) in [6.07, 6.45) is 1.13. The van der Waals surface area contributed by atoms with Gasteiger partial charge in [-0.2, -0.15) is 0 Å². The Morgan fingerprint density at radius 1 is 1.06 bits per heavy atom. The van der Waals surface area contributed by atoms with Crippen LogP contribution in [0.4, 0.5) is 0 Å². The molecule has 0 spiro atoms. The number of rotatable bonds is 3. The van der Waals surface area contributed by atoms with Crippen LogP contribution in [0.25, 0.3) is 0 Å². The fourth-order valence-corrected chi connectivity index (χ4v) is 4.24. The molecule has 0 unspecified atom stereocenters. The van der Waals surface area contributed by atoms with Gasteiger partial charge < -0.3 is 0 Å². The minimum absolute atomic E-state index is 0.244. The van der Waals surface area contributed by atoms with Gasteiger partial charge in [-0.05, 0) is 40.3 Å². The first-order chi connectivity index (χ1) is 8.29. The lowest BCUT2D eigenvalue weighted by molar-refractivity contribution is 0.536. The van der Waals surface area contributed by atoms with Gasteiger partial charge in [0, 0.05) is 15.2 Å². The van der Waals surface area contributed by atoms with E-state index in [0.29, 0.717) is 0 Å². The van der Waals surface area contributed by atoms with Crippen molar-refractivity contribution >= 4 is 22.7 Å². The summed E-state index contributed by atoms with van der Waals surface area (Å²) in [7, 11) is 0. The zero-order valence-corrected chi connectivity index (χ0v) is 13.5. The van der Waals surface area contributed by atoms with Gasteiger partial charge in [-0.3, -0.25) is 0 Å². The van der Waals surface area contributed by atoms with Crippen molar-refractivity contribution in [3.8, 4) is 0 Å². The van der Waals surface area contributed by atoms with Crippen LogP contribution < -0.4 is 0 Å². The fraction of sp³-hybridized carbons (Fsp3) is 0.500. The second kappa shape index (κ2) is 4.82. The van der Waals surface area contributed by atoms with E-state index in [4.69, 9.17) is 0 Å². The van der Waals surface area contributed by atoms with E-state index in [-0.39, 0.29) is 10.8 Å². The topological polar surface area (TPSA) is 0 Å². The van der Waals surface area contributed by atoms with Gasteiger partial charge in [0.15, 0.2) is 0 Å². The van der Waals surface area contributed by atoms with Crippen LogP contribution in [0.2, 0.25) is 0 Å². The Balaban J connectivity index is 2.17. The maximum atomic E-state index is 2.39. The lowest BCUT2D eigenvalue weighted by Crippen LogP contribution is -2.18. The van der Waals surface area contributed by atoms with Crippen molar-refractivity contribution in [3.63, 3.8) is 0 Å². The van der Waals surface area contributed by atoms with Crippen LogP contribution in [-0.4, -0.2) is 0 Å². The molecule has 0 radical (unpaired) electrons. The number of thiophene rings is 2. The van der Waals surface area contributed by atoms with E-state index in [1.807, 2.05) is 22.7 Å². The predicted molar refractivity (Wildman–Crippen MR) is 84.1 cm³/mol. The molecule has 0 saturated heterocycles. The highest BCUT2D eigenvalue weighted by molar-refractivity contribution is 7.10. The molecule has 2 heteroatoms. The smallest absolute Gasteiger partial charge is 0.0105 e. The average molecular weight is 278 g/mol. The van der Waals surface area contributed by atoms with Gasteiger partial charge in [-0.15, -0.1) is 22.7 Å². The van der Waals surface area contributed by atoms with Crippen molar-refractivity contribution in [3.05, 3.63) is 44.3 Å². The molecule has 2 aromatic rings. The van der Waals surface area contributed by atoms with Gasteiger partial charge >= 0.3 is 0 Å². The molecule has 0 bridgehead atoms. The van der Waals surface area contributed by atoms with Gasteiger partial charge in [0.2, 0.25) is 0 Å². The Bertz CT molecular complexity index is 495. The molecule has 0 aromatic carbocycles. The van der Waals surface area contributed by atoms with Crippen molar-refractivity contribution in [2.45, 2.75) is 51.9 Å². The van der Waals surface area contributed by atoms with Crippen LogP contribution in [0.1, 0.15) is 49.9 Å². The second-order valence-corrected chi connectivity index (χ2v) is 8.53. The maximum absolute atomic E-state index is 2.39. The van der Waals surface area contributed by atoms with Crippen LogP contribution in [0.5, 0.6) is 0 Å².